The fraction of sp³-hybridized carbons (Fsp3) is 0.692. The summed E-state index contributed by atoms with van der Waals surface area (Å²) in [6, 6.07) is 1.94. The molecule has 0 amide bonds. The molecule has 0 aromatic carbocycles. The van der Waals surface area contributed by atoms with Crippen molar-refractivity contribution in [2.24, 2.45) is 5.92 Å². The molecule has 1 aliphatic heterocycles. The first-order valence-corrected chi connectivity index (χ1v) is 6.50. The third-order valence-corrected chi connectivity index (χ3v) is 3.19. The molecule has 0 unspecified atom stereocenters. The lowest BCUT2D eigenvalue weighted by Gasteiger charge is -2.30. The summed E-state index contributed by atoms with van der Waals surface area (Å²) in [6.07, 6.45) is 1.95. The Hall–Kier alpha value is -1.36. The van der Waals surface area contributed by atoms with E-state index < -0.39 is 0 Å². The second-order valence-electron chi connectivity index (χ2n) is 4.76. The summed E-state index contributed by atoms with van der Waals surface area (Å²) in [5, 5.41) is 3.98. The molecular formula is C13H20N2O3. The van der Waals surface area contributed by atoms with Crippen LogP contribution in [0, 0.1) is 12.8 Å². The highest BCUT2D eigenvalue weighted by Gasteiger charge is 2.27. The number of piperidine rings is 1. The summed E-state index contributed by atoms with van der Waals surface area (Å²) in [6.45, 7) is 6.68. The highest BCUT2D eigenvalue weighted by Crippen LogP contribution is 2.19. The Morgan fingerprint density at radius 3 is 3.17 bits per heavy atom. The number of esters is 1. The lowest BCUT2D eigenvalue weighted by molar-refractivity contribution is -0.150. The minimum atomic E-state index is -0.0708. The molecular weight excluding hydrogens is 232 g/mol. The van der Waals surface area contributed by atoms with Crippen molar-refractivity contribution < 1.29 is 14.1 Å². The zero-order chi connectivity index (χ0) is 13.0. The van der Waals surface area contributed by atoms with E-state index in [-0.39, 0.29) is 11.9 Å². The summed E-state index contributed by atoms with van der Waals surface area (Å²) >= 11 is 0. The Bertz CT molecular complexity index is 403. The van der Waals surface area contributed by atoms with Crippen LogP contribution in [0.3, 0.4) is 0 Å². The smallest absolute Gasteiger partial charge is 0.310 e. The molecule has 1 aromatic heterocycles. The van der Waals surface area contributed by atoms with Crippen LogP contribution in [0.1, 0.15) is 31.2 Å². The average Bonchev–Trinajstić information content (AvgIpc) is 2.75. The number of carbonyl (C=O) groups excluding carboxylic acids is 1. The summed E-state index contributed by atoms with van der Waals surface area (Å²) in [7, 11) is 0. The van der Waals surface area contributed by atoms with E-state index in [0.717, 1.165) is 43.9 Å². The quantitative estimate of drug-likeness (QED) is 0.764. The van der Waals surface area contributed by atoms with Crippen molar-refractivity contribution in [2.75, 3.05) is 19.7 Å². The van der Waals surface area contributed by atoms with Gasteiger partial charge in [0.25, 0.3) is 0 Å². The molecule has 100 valence electrons. The van der Waals surface area contributed by atoms with Gasteiger partial charge in [-0.3, -0.25) is 9.69 Å². The molecule has 1 fully saturated rings. The van der Waals surface area contributed by atoms with E-state index in [1.165, 1.54) is 0 Å². The van der Waals surface area contributed by atoms with E-state index in [9.17, 15) is 4.79 Å². The van der Waals surface area contributed by atoms with Crippen LogP contribution in [0.25, 0.3) is 0 Å². The lowest BCUT2D eigenvalue weighted by Crippen LogP contribution is -2.39. The first-order chi connectivity index (χ1) is 8.69. The number of likely N-dealkylation sites (tertiary alicyclic amines) is 1. The summed E-state index contributed by atoms with van der Waals surface area (Å²) in [5.41, 5.74) is 0.928. The van der Waals surface area contributed by atoms with E-state index in [0.29, 0.717) is 6.61 Å². The minimum absolute atomic E-state index is 0.00620. The van der Waals surface area contributed by atoms with Crippen molar-refractivity contribution in [3.05, 3.63) is 17.5 Å². The SMILES string of the molecule is CCOC(=O)[C@H]1CCCN(Cc2cc(C)on2)C1. The Morgan fingerprint density at radius 1 is 1.67 bits per heavy atom. The van der Waals surface area contributed by atoms with Crippen molar-refractivity contribution in [3.63, 3.8) is 0 Å². The Labute approximate surface area is 107 Å². The number of aromatic nitrogens is 1. The number of carbonyl (C=O) groups is 1. The number of rotatable bonds is 4. The lowest BCUT2D eigenvalue weighted by atomic mass is 9.98. The average molecular weight is 252 g/mol. The molecule has 1 aliphatic rings. The largest absolute Gasteiger partial charge is 0.466 e. The van der Waals surface area contributed by atoms with E-state index in [1.54, 1.807) is 0 Å². The van der Waals surface area contributed by atoms with Crippen molar-refractivity contribution in [1.82, 2.24) is 10.1 Å². The van der Waals surface area contributed by atoms with E-state index in [4.69, 9.17) is 9.26 Å². The summed E-state index contributed by atoms with van der Waals surface area (Å²) < 4.78 is 10.1. The standard InChI is InChI=1S/C13H20N2O3/c1-3-17-13(16)11-5-4-6-15(8-11)9-12-7-10(2)18-14-12/h7,11H,3-6,8-9H2,1-2H3/t11-/m0/s1. The molecule has 0 radical (unpaired) electrons. The molecule has 1 atom stereocenters. The van der Waals surface area contributed by atoms with Gasteiger partial charge >= 0.3 is 5.97 Å². The van der Waals surface area contributed by atoms with Gasteiger partial charge in [0.2, 0.25) is 0 Å². The Morgan fingerprint density at radius 2 is 2.50 bits per heavy atom. The normalized spacial score (nSPS) is 20.9. The van der Waals surface area contributed by atoms with Crippen LogP contribution in [-0.4, -0.2) is 35.7 Å². The van der Waals surface area contributed by atoms with E-state index >= 15 is 0 Å². The van der Waals surface area contributed by atoms with Crippen molar-refractivity contribution in [1.29, 1.82) is 0 Å². The Kier molecular flexibility index (Phi) is 4.36. The maximum Gasteiger partial charge on any atom is 0.310 e. The zero-order valence-corrected chi connectivity index (χ0v) is 11.0. The highest BCUT2D eigenvalue weighted by molar-refractivity contribution is 5.72. The first-order valence-electron chi connectivity index (χ1n) is 6.50. The molecule has 0 aliphatic carbocycles. The van der Waals surface area contributed by atoms with Gasteiger partial charge in [-0.25, -0.2) is 0 Å². The molecule has 0 spiro atoms. The fourth-order valence-corrected chi connectivity index (χ4v) is 2.37. The summed E-state index contributed by atoms with van der Waals surface area (Å²) in [4.78, 5) is 14.0. The van der Waals surface area contributed by atoms with Crippen LogP contribution in [-0.2, 0) is 16.1 Å². The molecule has 2 heterocycles. The van der Waals surface area contributed by atoms with E-state index in [2.05, 4.69) is 10.1 Å². The molecule has 5 nitrogen and oxygen atoms in total. The van der Waals surface area contributed by atoms with Gasteiger partial charge < -0.3 is 9.26 Å². The van der Waals surface area contributed by atoms with Gasteiger partial charge in [-0.2, -0.15) is 0 Å². The van der Waals surface area contributed by atoms with Gasteiger partial charge in [0.05, 0.1) is 18.2 Å². The maximum atomic E-state index is 11.7. The van der Waals surface area contributed by atoms with Crippen LogP contribution < -0.4 is 0 Å². The number of ether oxygens (including phenoxy) is 1. The van der Waals surface area contributed by atoms with Gasteiger partial charge in [-0.05, 0) is 33.2 Å². The van der Waals surface area contributed by atoms with E-state index in [1.807, 2.05) is 19.9 Å². The highest BCUT2D eigenvalue weighted by atomic mass is 16.5. The van der Waals surface area contributed by atoms with Gasteiger partial charge in [0.15, 0.2) is 0 Å². The number of hydrogen-bond acceptors (Lipinski definition) is 5. The third kappa shape index (κ3) is 3.32. The molecule has 0 N–H and O–H groups in total. The first kappa shape index (κ1) is 13.1. The van der Waals surface area contributed by atoms with Crippen molar-refractivity contribution in [2.45, 2.75) is 33.2 Å². The molecule has 0 bridgehead atoms. The molecule has 0 saturated carbocycles. The Balaban J connectivity index is 1.88. The predicted molar refractivity (Wildman–Crippen MR) is 65.9 cm³/mol. The van der Waals surface area contributed by atoms with Crippen molar-refractivity contribution >= 4 is 5.97 Å². The second-order valence-corrected chi connectivity index (χ2v) is 4.76. The van der Waals surface area contributed by atoms with Crippen LogP contribution in [0.5, 0.6) is 0 Å². The van der Waals surface area contributed by atoms with Gasteiger partial charge in [-0.1, -0.05) is 5.16 Å². The van der Waals surface area contributed by atoms with Crippen molar-refractivity contribution in [3.8, 4) is 0 Å². The third-order valence-electron chi connectivity index (χ3n) is 3.19. The van der Waals surface area contributed by atoms with Crippen LogP contribution >= 0.6 is 0 Å². The molecule has 1 aromatic rings. The zero-order valence-electron chi connectivity index (χ0n) is 11.0. The number of aryl methyl sites for hydroxylation is 1. The van der Waals surface area contributed by atoms with Gasteiger partial charge in [-0.15, -0.1) is 0 Å². The van der Waals surface area contributed by atoms with Gasteiger partial charge in [0, 0.05) is 19.2 Å². The maximum absolute atomic E-state index is 11.7. The van der Waals surface area contributed by atoms with Gasteiger partial charge in [0.1, 0.15) is 5.76 Å². The van der Waals surface area contributed by atoms with Crippen LogP contribution in [0.2, 0.25) is 0 Å². The molecule has 18 heavy (non-hydrogen) atoms. The summed E-state index contributed by atoms with van der Waals surface area (Å²) in [5.74, 6) is 0.759. The fourth-order valence-electron chi connectivity index (χ4n) is 2.37. The van der Waals surface area contributed by atoms with Crippen LogP contribution in [0.15, 0.2) is 10.6 Å². The molecule has 1 saturated heterocycles. The van der Waals surface area contributed by atoms with Crippen LogP contribution in [0.4, 0.5) is 0 Å². The molecule has 5 heteroatoms. The second kappa shape index (κ2) is 6.00. The predicted octanol–water partition coefficient (Wildman–Crippen LogP) is 1.76. The monoisotopic (exact) mass is 252 g/mol. The number of nitrogens with zero attached hydrogens (tertiary/aromatic N) is 2. The number of hydrogen-bond donors (Lipinski definition) is 0. The minimum Gasteiger partial charge on any atom is -0.466 e. The topological polar surface area (TPSA) is 55.6 Å². The molecule has 2 rings (SSSR count).